The molecule has 1 aromatic heterocycles. The Morgan fingerprint density at radius 1 is 1.21 bits per heavy atom. The van der Waals surface area contributed by atoms with Crippen LogP contribution in [-0.4, -0.2) is 35.0 Å². The van der Waals surface area contributed by atoms with E-state index in [1.807, 2.05) is 0 Å². The SMILES string of the molecule is COc1cc(NC(=O)c2cncn2-c2ccc(F)cc2)ccc1N1CCCC1=O. The van der Waals surface area contributed by atoms with Crippen LogP contribution in [0.1, 0.15) is 23.3 Å². The first kappa shape index (κ1) is 18.7. The van der Waals surface area contributed by atoms with Crippen LogP contribution in [-0.2, 0) is 4.79 Å². The number of hydrogen-bond donors (Lipinski definition) is 1. The van der Waals surface area contributed by atoms with Crippen LogP contribution in [0.4, 0.5) is 15.8 Å². The van der Waals surface area contributed by atoms with Gasteiger partial charge in [0.2, 0.25) is 5.91 Å². The first-order valence-corrected chi connectivity index (χ1v) is 9.15. The largest absolute Gasteiger partial charge is 0.494 e. The van der Waals surface area contributed by atoms with Crippen LogP contribution < -0.4 is 15.0 Å². The van der Waals surface area contributed by atoms with Gasteiger partial charge in [0.05, 0.1) is 25.3 Å². The van der Waals surface area contributed by atoms with Gasteiger partial charge in [0.15, 0.2) is 0 Å². The number of hydrogen-bond acceptors (Lipinski definition) is 4. The fourth-order valence-electron chi connectivity index (χ4n) is 3.35. The third-order valence-corrected chi connectivity index (χ3v) is 4.78. The van der Waals surface area contributed by atoms with Crippen LogP contribution in [0.15, 0.2) is 55.0 Å². The van der Waals surface area contributed by atoms with Crippen LogP contribution in [0.2, 0.25) is 0 Å². The summed E-state index contributed by atoms with van der Waals surface area (Å²) in [6.07, 6.45) is 4.26. The summed E-state index contributed by atoms with van der Waals surface area (Å²) in [5, 5.41) is 2.81. The Kier molecular flexibility index (Phi) is 4.99. The lowest BCUT2D eigenvalue weighted by Gasteiger charge is -2.19. The molecule has 1 aliphatic rings. The Morgan fingerprint density at radius 2 is 2.00 bits per heavy atom. The van der Waals surface area contributed by atoms with Gasteiger partial charge < -0.3 is 15.0 Å². The van der Waals surface area contributed by atoms with E-state index in [2.05, 4.69) is 10.3 Å². The van der Waals surface area contributed by atoms with Gasteiger partial charge in [0, 0.05) is 30.4 Å². The van der Waals surface area contributed by atoms with Gasteiger partial charge in [-0.25, -0.2) is 9.37 Å². The summed E-state index contributed by atoms with van der Waals surface area (Å²) in [4.78, 5) is 30.5. The van der Waals surface area contributed by atoms with Gasteiger partial charge in [0.1, 0.15) is 17.3 Å². The Labute approximate surface area is 166 Å². The van der Waals surface area contributed by atoms with Crippen molar-refractivity contribution in [3.63, 3.8) is 0 Å². The van der Waals surface area contributed by atoms with Gasteiger partial charge in [-0.1, -0.05) is 0 Å². The van der Waals surface area contributed by atoms with Crippen molar-refractivity contribution in [1.29, 1.82) is 0 Å². The number of halogens is 1. The lowest BCUT2D eigenvalue weighted by molar-refractivity contribution is -0.117. The Balaban J connectivity index is 1.57. The third-order valence-electron chi connectivity index (χ3n) is 4.78. The second-order valence-electron chi connectivity index (χ2n) is 6.61. The normalized spacial score (nSPS) is 13.6. The fraction of sp³-hybridized carbons (Fsp3) is 0.190. The summed E-state index contributed by atoms with van der Waals surface area (Å²) in [7, 11) is 1.52. The maximum absolute atomic E-state index is 13.2. The number of anilines is 2. The topological polar surface area (TPSA) is 76.5 Å². The molecule has 0 saturated carbocycles. The molecule has 7 nitrogen and oxygen atoms in total. The molecule has 1 N–H and O–H groups in total. The highest BCUT2D eigenvalue weighted by Gasteiger charge is 2.24. The number of carbonyl (C=O) groups is 2. The van der Waals surface area contributed by atoms with Gasteiger partial charge in [-0.3, -0.25) is 14.2 Å². The fourth-order valence-corrected chi connectivity index (χ4v) is 3.35. The number of methoxy groups -OCH3 is 1. The quantitative estimate of drug-likeness (QED) is 0.720. The number of nitrogens with one attached hydrogen (secondary N) is 1. The van der Waals surface area contributed by atoms with Crippen molar-refractivity contribution in [3.8, 4) is 11.4 Å². The summed E-state index contributed by atoms with van der Waals surface area (Å²) in [6.45, 7) is 0.651. The molecule has 1 aliphatic heterocycles. The van der Waals surface area contributed by atoms with Crippen LogP contribution in [0, 0.1) is 5.82 Å². The molecule has 2 amide bonds. The van der Waals surface area contributed by atoms with E-state index in [0.29, 0.717) is 41.5 Å². The summed E-state index contributed by atoms with van der Waals surface area (Å²) in [6, 6.07) is 10.9. The molecule has 0 spiro atoms. The minimum absolute atomic E-state index is 0.0586. The second kappa shape index (κ2) is 7.75. The molecular weight excluding hydrogens is 375 g/mol. The zero-order valence-electron chi connectivity index (χ0n) is 15.8. The highest BCUT2D eigenvalue weighted by Crippen LogP contribution is 2.34. The molecule has 3 aromatic rings. The standard InChI is InChI=1S/C21H19FN4O3/c1-29-19-11-15(6-9-17(19)25-10-2-3-20(25)27)24-21(28)18-12-23-13-26(18)16-7-4-14(22)5-8-16/h4-9,11-13H,2-3,10H2,1H3,(H,24,28). The first-order chi connectivity index (χ1) is 14.1. The van der Waals surface area contributed by atoms with E-state index in [1.54, 1.807) is 39.8 Å². The molecule has 1 fully saturated rings. The molecular formula is C21H19FN4O3. The van der Waals surface area contributed by atoms with Crippen LogP contribution in [0.5, 0.6) is 5.75 Å². The van der Waals surface area contributed by atoms with Gasteiger partial charge in [0.25, 0.3) is 5.91 Å². The molecule has 2 heterocycles. The summed E-state index contributed by atoms with van der Waals surface area (Å²) in [5.41, 5.74) is 2.13. The van der Waals surface area contributed by atoms with E-state index in [9.17, 15) is 14.0 Å². The average Bonchev–Trinajstić information content (AvgIpc) is 3.38. The minimum Gasteiger partial charge on any atom is -0.494 e. The smallest absolute Gasteiger partial charge is 0.274 e. The van der Waals surface area contributed by atoms with Gasteiger partial charge >= 0.3 is 0 Å². The predicted octanol–water partition coefficient (Wildman–Crippen LogP) is 3.40. The summed E-state index contributed by atoms with van der Waals surface area (Å²) in [5.74, 6) is -0.171. The maximum atomic E-state index is 13.2. The van der Waals surface area contributed by atoms with Crippen molar-refractivity contribution in [2.24, 2.45) is 0 Å². The Morgan fingerprint density at radius 3 is 2.69 bits per heavy atom. The van der Waals surface area contributed by atoms with Crippen LogP contribution in [0.25, 0.3) is 5.69 Å². The lowest BCUT2D eigenvalue weighted by Crippen LogP contribution is -2.24. The number of nitrogens with zero attached hydrogens (tertiary/aromatic N) is 3. The van der Waals surface area contributed by atoms with E-state index in [-0.39, 0.29) is 17.6 Å². The number of imidazole rings is 1. The highest BCUT2D eigenvalue weighted by molar-refractivity contribution is 6.04. The van der Waals surface area contributed by atoms with Crippen molar-refractivity contribution >= 4 is 23.2 Å². The Hall–Kier alpha value is -3.68. The molecule has 8 heteroatoms. The van der Waals surface area contributed by atoms with Crippen LogP contribution >= 0.6 is 0 Å². The first-order valence-electron chi connectivity index (χ1n) is 9.15. The molecule has 2 aromatic carbocycles. The van der Waals surface area contributed by atoms with E-state index in [1.165, 1.54) is 31.8 Å². The van der Waals surface area contributed by atoms with E-state index in [0.717, 1.165) is 6.42 Å². The molecule has 148 valence electrons. The maximum Gasteiger partial charge on any atom is 0.274 e. The summed E-state index contributed by atoms with van der Waals surface area (Å²) >= 11 is 0. The van der Waals surface area contributed by atoms with Gasteiger partial charge in [-0.15, -0.1) is 0 Å². The molecule has 1 saturated heterocycles. The molecule has 4 rings (SSSR count). The van der Waals surface area contributed by atoms with Crippen LogP contribution in [0.3, 0.4) is 0 Å². The third kappa shape index (κ3) is 3.69. The number of benzene rings is 2. The number of aromatic nitrogens is 2. The van der Waals surface area contributed by atoms with Crippen molar-refractivity contribution in [1.82, 2.24) is 9.55 Å². The number of ether oxygens (including phenoxy) is 1. The lowest BCUT2D eigenvalue weighted by atomic mass is 10.2. The van der Waals surface area contributed by atoms with Gasteiger partial charge in [-0.2, -0.15) is 0 Å². The monoisotopic (exact) mass is 394 g/mol. The molecule has 0 aliphatic carbocycles. The summed E-state index contributed by atoms with van der Waals surface area (Å²) < 4.78 is 20.2. The zero-order chi connectivity index (χ0) is 20.4. The minimum atomic E-state index is -0.376. The highest BCUT2D eigenvalue weighted by atomic mass is 19.1. The van der Waals surface area contributed by atoms with Crippen molar-refractivity contribution in [2.45, 2.75) is 12.8 Å². The zero-order valence-corrected chi connectivity index (χ0v) is 15.8. The van der Waals surface area contributed by atoms with E-state index in [4.69, 9.17) is 4.74 Å². The van der Waals surface area contributed by atoms with Gasteiger partial charge in [-0.05, 0) is 42.8 Å². The second-order valence-corrected chi connectivity index (χ2v) is 6.61. The number of carbonyl (C=O) groups excluding carboxylic acids is 2. The molecule has 0 radical (unpaired) electrons. The molecule has 0 bridgehead atoms. The van der Waals surface area contributed by atoms with E-state index < -0.39 is 0 Å². The van der Waals surface area contributed by atoms with Crippen molar-refractivity contribution < 1.29 is 18.7 Å². The Bertz CT molecular complexity index is 1060. The number of rotatable bonds is 5. The molecule has 0 atom stereocenters. The predicted molar refractivity (Wildman–Crippen MR) is 106 cm³/mol. The van der Waals surface area contributed by atoms with E-state index >= 15 is 0 Å². The molecule has 29 heavy (non-hydrogen) atoms. The number of amides is 2. The average molecular weight is 394 g/mol. The molecule has 0 unspecified atom stereocenters. The van der Waals surface area contributed by atoms with Crippen molar-refractivity contribution in [3.05, 3.63) is 66.5 Å². The van der Waals surface area contributed by atoms with Crippen molar-refractivity contribution in [2.75, 3.05) is 23.9 Å².